The van der Waals surface area contributed by atoms with Crippen molar-refractivity contribution in [3.05, 3.63) is 5.56 Å². The third kappa shape index (κ3) is 3.24. The number of hydrogen-bond acceptors (Lipinski definition) is 7. The number of esters is 1. The number of rotatable bonds is 5. The predicted molar refractivity (Wildman–Crippen MR) is 58.4 cm³/mol. The summed E-state index contributed by atoms with van der Waals surface area (Å²) in [7, 11) is 1.16. The van der Waals surface area contributed by atoms with Crippen LogP contribution in [0.5, 0.6) is 0 Å². The lowest BCUT2D eigenvalue weighted by Gasteiger charge is -2.10. The molecule has 1 heterocycles. The largest absolute Gasteiger partial charge is 0.465 e. The van der Waals surface area contributed by atoms with Crippen molar-refractivity contribution >= 4 is 28.3 Å². The van der Waals surface area contributed by atoms with Gasteiger partial charge in [-0.25, -0.2) is 13.6 Å². The van der Waals surface area contributed by atoms with Gasteiger partial charge in [-0.2, -0.15) is 4.37 Å². The summed E-state index contributed by atoms with van der Waals surface area (Å²) in [6.45, 7) is -0.413. The highest BCUT2D eigenvalue weighted by molar-refractivity contribution is 7.11. The third-order valence-electron chi connectivity index (χ3n) is 1.87. The van der Waals surface area contributed by atoms with E-state index in [1.165, 1.54) is 0 Å². The van der Waals surface area contributed by atoms with E-state index in [-0.39, 0.29) is 16.4 Å². The summed E-state index contributed by atoms with van der Waals surface area (Å²) >= 11 is 0.831. The van der Waals surface area contributed by atoms with Gasteiger partial charge in [0, 0.05) is 6.54 Å². The number of methoxy groups -OCH3 is 1. The average molecular weight is 267 g/mol. The van der Waals surface area contributed by atoms with Gasteiger partial charge in [0.2, 0.25) is 0 Å². The number of nitrogens with zero attached hydrogens (tertiary/aromatic N) is 1. The predicted octanol–water partition coefficient (Wildman–Crippen LogP) is 0.550. The summed E-state index contributed by atoms with van der Waals surface area (Å²) in [5.74, 6) is -0.763. The highest BCUT2D eigenvalue weighted by atomic mass is 32.1. The van der Waals surface area contributed by atoms with Crippen LogP contribution in [-0.4, -0.2) is 41.6 Å². The van der Waals surface area contributed by atoms with Crippen molar-refractivity contribution in [3.8, 4) is 0 Å². The minimum atomic E-state index is -2.87. The molecule has 0 amide bonds. The molecule has 0 saturated carbocycles. The van der Waals surface area contributed by atoms with Crippen LogP contribution in [0, 0.1) is 0 Å². The summed E-state index contributed by atoms with van der Waals surface area (Å²) < 4.78 is 32.2. The molecule has 0 spiro atoms. The number of aliphatic hydroxyl groups is 1. The van der Waals surface area contributed by atoms with Gasteiger partial charge in [0.15, 0.2) is 5.82 Å². The average Bonchev–Trinajstić information content (AvgIpc) is 2.66. The van der Waals surface area contributed by atoms with Crippen molar-refractivity contribution in [3.63, 3.8) is 0 Å². The quantitative estimate of drug-likeness (QED) is 0.674. The number of alkyl halides is 2. The Morgan fingerprint density at radius 3 is 2.88 bits per heavy atom. The number of ether oxygens (including phenoxy) is 1. The van der Waals surface area contributed by atoms with Gasteiger partial charge in [-0.05, 0) is 11.5 Å². The zero-order chi connectivity index (χ0) is 13.0. The number of carbonyl (C=O) groups excluding carboxylic acids is 1. The van der Waals surface area contributed by atoms with Gasteiger partial charge in [0.05, 0.1) is 7.11 Å². The van der Waals surface area contributed by atoms with E-state index in [1.807, 2.05) is 0 Å². The lowest BCUT2D eigenvalue weighted by atomic mass is 10.3. The van der Waals surface area contributed by atoms with Gasteiger partial charge in [0.25, 0.3) is 6.43 Å². The molecule has 0 aliphatic carbocycles. The Hall–Kier alpha value is -1.48. The normalized spacial score (nSPS) is 12.5. The van der Waals surface area contributed by atoms with Gasteiger partial charge in [-0.3, -0.25) is 0 Å². The molecule has 1 unspecified atom stereocenters. The fourth-order valence-corrected chi connectivity index (χ4v) is 1.72. The molecule has 96 valence electrons. The SMILES string of the molecule is COC(=O)c1c(N)nsc1NCC(O)C(F)F. The first kappa shape index (κ1) is 13.6. The number of carbonyl (C=O) groups is 1. The smallest absolute Gasteiger partial charge is 0.344 e. The number of nitrogen functional groups attached to an aromatic ring is 1. The minimum Gasteiger partial charge on any atom is -0.465 e. The van der Waals surface area contributed by atoms with Crippen LogP contribution in [0.25, 0.3) is 0 Å². The highest BCUT2D eigenvalue weighted by Crippen LogP contribution is 2.27. The molecule has 0 radical (unpaired) electrons. The van der Waals surface area contributed by atoms with E-state index in [4.69, 9.17) is 10.8 Å². The van der Waals surface area contributed by atoms with Crippen LogP contribution in [-0.2, 0) is 4.74 Å². The second-order valence-electron chi connectivity index (χ2n) is 3.05. The molecule has 17 heavy (non-hydrogen) atoms. The molecule has 0 fully saturated rings. The lowest BCUT2D eigenvalue weighted by molar-refractivity contribution is 0.00387. The van der Waals surface area contributed by atoms with Gasteiger partial charge in [-0.1, -0.05) is 0 Å². The van der Waals surface area contributed by atoms with Crippen LogP contribution in [0.15, 0.2) is 0 Å². The number of hydrogen-bond donors (Lipinski definition) is 3. The standard InChI is InChI=1S/C8H11F2N3O3S/c1-16-8(15)4-6(11)13-17-7(4)12-2-3(14)5(9)10/h3,5,12,14H,2H2,1H3,(H2,11,13). The maximum atomic E-state index is 12.0. The van der Waals surface area contributed by atoms with E-state index in [1.54, 1.807) is 0 Å². The van der Waals surface area contributed by atoms with Crippen molar-refractivity contribution in [2.45, 2.75) is 12.5 Å². The Morgan fingerprint density at radius 2 is 2.35 bits per heavy atom. The molecule has 1 rings (SSSR count). The van der Waals surface area contributed by atoms with Crippen LogP contribution in [0.2, 0.25) is 0 Å². The van der Waals surface area contributed by atoms with Crippen LogP contribution in [0.1, 0.15) is 10.4 Å². The number of anilines is 2. The zero-order valence-corrected chi connectivity index (χ0v) is 9.63. The number of aromatic nitrogens is 1. The highest BCUT2D eigenvalue weighted by Gasteiger charge is 2.22. The van der Waals surface area contributed by atoms with Gasteiger partial charge >= 0.3 is 5.97 Å². The fourth-order valence-electron chi connectivity index (χ4n) is 1.01. The van der Waals surface area contributed by atoms with Crippen LogP contribution in [0.3, 0.4) is 0 Å². The summed E-state index contributed by atoms with van der Waals surface area (Å²) in [6.07, 6.45) is -4.70. The molecule has 1 atom stereocenters. The fraction of sp³-hybridized carbons (Fsp3) is 0.500. The van der Waals surface area contributed by atoms with E-state index in [0.29, 0.717) is 0 Å². The first-order chi connectivity index (χ1) is 7.97. The molecule has 0 saturated heterocycles. The third-order valence-corrected chi connectivity index (χ3v) is 2.69. The Kier molecular flexibility index (Phi) is 4.58. The molecule has 0 aliphatic heterocycles. The maximum Gasteiger partial charge on any atom is 0.344 e. The molecule has 6 nitrogen and oxygen atoms in total. The van der Waals surface area contributed by atoms with E-state index >= 15 is 0 Å². The first-order valence-corrected chi connectivity index (χ1v) is 5.28. The Bertz CT molecular complexity index is 399. The van der Waals surface area contributed by atoms with E-state index in [0.717, 1.165) is 18.6 Å². The van der Waals surface area contributed by atoms with Crippen molar-refractivity contribution in [2.24, 2.45) is 0 Å². The number of halogens is 2. The Labute approximate surface area is 99.5 Å². The molecule has 0 bridgehead atoms. The van der Waals surface area contributed by atoms with E-state index in [9.17, 15) is 13.6 Å². The second kappa shape index (κ2) is 5.73. The topological polar surface area (TPSA) is 97.5 Å². The van der Waals surface area contributed by atoms with Gasteiger partial charge < -0.3 is 20.9 Å². The number of nitrogens with one attached hydrogen (secondary N) is 1. The first-order valence-electron chi connectivity index (χ1n) is 4.51. The zero-order valence-electron chi connectivity index (χ0n) is 8.81. The van der Waals surface area contributed by atoms with Gasteiger partial charge in [0.1, 0.15) is 16.7 Å². The van der Waals surface area contributed by atoms with Crippen molar-refractivity contribution in [1.82, 2.24) is 4.37 Å². The molecular formula is C8H11F2N3O3S. The maximum absolute atomic E-state index is 12.0. The summed E-state index contributed by atoms with van der Waals surface area (Å²) in [4.78, 5) is 11.3. The summed E-state index contributed by atoms with van der Waals surface area (Å²) in [5, 5.41) is 11.6. The van der Waals surface area contributed by atoms with Crippen molar-refractivity contribution in [1.29, 1.82) is 0 Å². The molecule has 0 aliphatic rings. The number of aliphatic hydroxyl groups excluding tert-OH is 1. The number of nitrogens with two attached hydrogens (primary N) is 1. The molecule has 9 heteroatoms. The summed E-state index contributed by atoms with van der Waals surface area (Å²) in [6, 6.07) is 0. The van der Waals surface area contributed by atoms with Crippen molar-refractivity contribution < 1.29 is 23.4 Å². The monoisotopic (exact) mass is 267 g/mol. The second-order valence-corrected chi connectivity index (χ2v) is 3.82. The van der Waals surface area contributed by atoms with E-state index < -0.39 is 25.0 Å². The van der Waals surface area contributed by atoms with E-state index in [2.05, 4.69) is 14.4 Å². The summed E-state index contributed by atoms with van der Waals surface area (Å²) in [5.41, 5.74) is 5.42. The molecule has 1 aromatic heterocycles. The molecule has 1 aromatic rings. The minimum absolute atomic E-state index is 0.0148. The Morgan fingerprint density at radius 1 is 1.71 bits per heavy atom. The van der Waals surface area contributed by atoms with Crippen molar-refractivity contribution in [2.75, 3.05) is 24.7 Å². The Balaban J connectivity index is 2.75. The molecule has 4 N–H and O–H groups in total. The van der Waals surface area contributed by atoms with Crippen LogP contribution >= 0.6 is 11.5 Å². The van der Waals surface area contributed by atoms with Crippen LogP contribution < -0.4 is 11.1 Å². The molecular weight excluding hydrogens is 256 g/mol. The molecule has 0 aromatic carbocycles. The van der Waals surface area contributed by atoms with Crippen LogP contribution in [0.4, 0.5) is 19.6 Å². The lowest BCUT2D eigenvalue weighted by Crippen LogP contribution is -2.27. The van der Waals surface area contributed by atoms with Gasteiger partial charge in [-0.15, -0.1) is 0 Å².